The maximum absolute atomic E-state index is 13.9. The molecule has 1 radical (unpaired) electrons. The van der Waals surface area contributed by atoms with E-state index in [2.05, 4.69) is 11.2 Å². The highest BCUT2D eigenvalue weighted by Gasteiger charge is 2.33. The van der Waals surface area contributed by atoms with Gasteiger partial charge in [-0.05, 0) is 38.0 Å². The topological polar surface area (TPSA) is 49.9 Å². The molecule has 1 heterocycles. The number of likely N-dealkylation sites (tertiary alicyclic amines) is 1. The van der Waals surface area contributed by atoms with E-state index in [1.165, 1.54) is 13.1 Å². The molecule has 0 amide bonds. The lowest BCUT2D eigenvalue weighted by molar-refractivity contribution is -0.103. The maximum atomic E-state index is 13.9. The molecule has 0 aliphatic carbocycles. The van der Waals surface area contributed by atoms with Gasteiger partial charge in [0.15, 0.2) is 0 Å². The summed E-state index contributed by atoms with van der Waals surface area (Å²) in [5.74, 6) is -0.995. The molecule has 0 aromatic heterocycles. The zero-order valence-electron chi connectivity index (χ0n) is 11.5. The largest absolute Gasteiger partial charge is 0.279 e. The number of hydroxylamine groups is 2. The second kappa shape index (κ2) is 6.78. The summed E-state index contributed by atoms with van der Waals surface area (Å²) >= 11 is 0. The van der Waals surface area contributed by atoms with E-state index in [0.29, 0.717) is 13.0 Å². The lowest BCUT2D eigenvalue weighted by Gasteiger charge is -2.34. The average molecular weight is 319 g/mol. The Hall–Kier alpha value is -1.09. The first-order valence-electron chi connectivity index (χ1n) is 6.49. The van der Waals surface area contributed by atoms with Gasteiger partial charge in [0.05, 0.1) is 6.17 Å². The van der Waals surface area contributed by atoms with Crippen molar-refractivity contribution < 1.29 is 21.5 Å². The molecule has 0 N–H and O–H groups in total. The highest BCUT2D eigenvalue weighted by molar-refractivity contribution is 7.67. The molecule has 0 spiro atoms. The average Bonchev–Trinajstić information content (AvgIpc) is 2.88. The highest BCUT2D eigenvalue weighted by atomic mass is 32.2. The first-order valence-corrected chi connectivity index (χ1v) is 7.58. The van der Waals surface area contributed by atoms with Crippen LogP contribution >= 0.6 is 0 Å². The van der Waals surface area contributed by atoms with Crippen LogP contribution in [0, 0.1) is 18.6 Å². The molecule has 1 saturated heterocycles. The van der Waals surface area contributed by atoms with Gasteiger partial charge in [0.2, 0.25) is 0 Å². The molecule has 1 aromatic rings. The lowest BCUT2D eigenvalue weighted by Crippen LogP contribution is -2.44. The fraction of sp³-hybridized carbons (Fsp3) is 0.462. The van der Waals surface area contributed by atoms with Crippen molar-refractivity contribution in [2.24, 2.45) is 0 Å². The number of thiol groups is 1. The SMILES string of the molecule is [CH2]C(N(C)O[SH](=O)=O)N1CCC[C@@H]1c1cc(F)ccc1F. The van der Waals surface area contributed by atoms with Crippen molar-refractivity contribution in [1.29, 1.82) is 0 Å². The summed E-state index contributed by atoms with van der Waals surface area (Å²) in [6.45, 7) is 4.44. The summed E-state index contributed by atoms with van der Waals surface area (Å²) in [7, 11) is -1.61. The molecular weight excluding hydrogens is 302 g/mol. The summed E-state index contributed by atoms with van der Waals surface area (Å²) in [4.78, 5) is 1.79. The standard InChI is InChI=1S/C13H17F2N2O3S/c1-9(16(2)20-21(18)19)17-7-3-4-13(17)11-8-10(14)5-6-12(11)15/h5-6,8-9,13,21H,1,3-4,7H2,2H3/t9?,13-/m1/s1. The fourth-order valence-corrected chi connectivity index (χ4v) is 2.94. The quantitative estimate of drug-likeness (QED) is 0.661. The van der Waals surface area contributed by atoms with Crippen LogP contribution in [0.5, 0.6) is 0 Å². The fourth-order valence-electron chi connectivity index (χ4n) is 2.62. The third-order valence-electron chi connectivity index (χ3n) is 3.61. The number of rotatable bonds is 5. The van der Waals surface area contributed by atoms with Crippen molar-refractivity contribution in [3.05, 3.63) is 42.3 Å². The second-order valence-corrected chi connectivity index (χ2v) is 5.50. The van der Waals surface area contributed by atoms with Gasteiger partial charge in [-0.3, -0.25) is 4.90 Å². The summed E-state index contributed by atoms with van der Waals surface area (Å²) in [5, 5.41) is 1.08. The summed E-state index contributed by atoms with van der Waals surface area (Å²) < 4.78 is 53.0. The van der Waals surface area contributed by atoms with Gasteiger partial charge >= 0.3 is 0 Å². The summed E-state index contributed by atoms with van der Waals surface area (Å²) in [5.41, 5.74) is 0.251. The third kappa shape index (κ3) is 3.76. The van der Waals surface area contributed by atoms with E-state index in [1.807, 2.05) is 0 Å². The van der Waals surface area contributed by atoms with Crippen molar-refractivity contribution in [2.45, 2.75) is 25.0 Å². The molecule has 1 unspecified atom stereocenters. The molecule has 5 nitrogen and oxygen atoms in total. The molecule has 2 atom stereocenters. The van der Waals surface area contributed by atoms with Crippen LogP contribution < -0.4 is 0 Å². The number of nitrogens with zero attached hydrogens (tertiary/aromatic N) is 2. The van der Waals surface area contributed by atoms with Gasteiger partial charge in [0.25, 0.3) is 11.0 Å². The van der Waals surface area contributed by atoms with E-state index in [1.54, 1.807) is 4.90 Å². The third-order valence-corrected chi connectivity index (χ3v) is 4.00. The van der Waals surface area contributed by atoms with Crippen molar-refractivity contribution >= 4 is 11.0 Å². The predicted molar refractivity (Wildman–Crippen MR) is 73.3 cm³/mol. The molecule has 1 aliphatic heterocycles. The summed E-state index contributed by atoms with van der Waals surface area (Å²) in [6.07, 6.45) is 0.793. The Bertz CT molecular complexity index is 575. The molecular formula is C13H17F2N2O3S. The lowest BCUT2D eigenvalue weighted by atomic mass is 10.0. The van der Waals surface area contributed by atoms with Gasteiger partial charge in [0, 0.05) is 25.2 Å². The molecule has 1 fully saturated rings. The van der Waals surface area contributed by atoms with Crippen molar-refractivity contribution in [3.63, 3.8) is 0 Å². The minimum atomic E-state index is -3.04. The van der Waals surface area contributed by atoms with Gasteiger partial charge in [-0.25, -0.2) is 17.2 Å². The second-order valence-electron chi connectivity index (χ2n) is 4.89. The van der Waals surface area contributed by atoms with Gasteiger partial charge in [-0.2, -0.15) is 9.35 Å². The van der Waals surface area contributed by atoms with Crippen LogP contribution in [0.2, 0.25) is 0 Å². The molecule has 117 valence electrons. The smallest absolute Gasteiger partial charge is 0.273 e. The Morgan fingerprint density at radius 1 is 1.48 bits per heavy atom. The Morgan fingerprint density at radius 3 is 2.86 bits per heavy atom. The van der Waals surface area contributed by atoms with Crippen molar-refractivity contribution in [1.82, 2.24) is 9.96 Å². The van der Waals surface area contributed by atoms with Crippen LogP contribution in [0.25, 0.3) is 0 Å². The van der Waals surface area contributed by atoms with E-state index >= 15 is 0 Å². The molecule has 1 aliphatic rings. The van der Waals surface area contributed by atoms with Crippen LogP contribution in [0.1, 0.15) is 24.4 Å². The number of halogens is 2. The molecule has 21 heavy (non-hydrogen) atoms. The first kappa shape index (κ1) is 16.3. The Balaban J connectivity index is 2.22. The van der Waals surface area contributed by atoms with Crippen LogP contribution in [-0.4, -0.2) is 38.1 Å². The van der Waals surface area contributed by atoms with Crippen molar-refractivity contribution in [3.8, 4) is 0 Å². The highest BCUT2D eigenvalue weighted by Crippen LogP contribution is 2.35. The normalized spacial score (nSPS) is 21.3. The maximum Gasteiger partial charge on any atom is 0.273 e. The molecule has 2 rings (SSSR count). The number of hydrogen-bond donors (Lipinski definition) is 1. The van der Waals surface area contributed by atoms with E-state index in [0.717, 1.165) is 23.6 Å². The zero-order chi connectivity index (χ0) is 15.6. The van der Waals surface area contributed by atoms with E-state index in [4.69, 9.17) is 0 Å². The molecule has 1 aromatic carbocycles. The van der Waals surface area contributed by atoms with Gasteiger partial charge in [-0.15, -0.1) is 0 Å². The van der Waals surface area contributed by atoms with Gasteiger partial charge in [-0.1, -0.05) is 0 Å². The van der Waals surface area contributed by atoms with E-state index in [-0.39, 0.29) is 11.6 Å². The Labute approximate surface area is 124 Å². The first-order chi connectivity index (χ1) is 9.90. The van der Waals surface area contributed by atoms with Gasteiger partial charge < -0.3 is 0 Å². The van der Waals surface area contributed by atoms with Crippen LogP contribution in [0.4, 0.5) is 8.78 Å². The van der Waals surface area contributed by atoms with Crippen LogP contribution in [0.15, 0.2) is 18.2 Å². The minimum Gasteiger partial charge on any atom is -0.279 e. The molecule has 0 saturated carbocycles. The minimum absolute atomic E-state index is 0.251. The van der Waals surface area contributed by atoms with Crippen molar-refractivity contribution in [2.75, 3.05) is 13.6 Å². The van der Waals surface area contributed by atoms with Gasteiger partial charge in [0.1, 0.15) is 11.6 Å². The number of hydrogen-bond acceptors (Lipinski definition) is 5. The zero-order valence-corrected chi connectivity index (χ0v) is 12.4. The van der Waals surface area contributed by atoms with Crippen LogP contribution in [0.3, 0.4) is 0 Å². The Kier molecular flexibility index (Phi) is 5.26. The molecule has 0 bridgehead atoms. The van der Waals surface area contributed by atoms with E-state index < -0.39 is 28.8 Å². The summed E-state index contributed by atoms with van der Waals surface area (Å²) in [6, 6.07) is 2.96. The van der Waals surface area contributed by atoms with Crippen LogP contribution in [-0.2, 0) is 15.3 Å². The van der Waals surface area contributed by atoms with E-state index in [9.17, 15) is 17.2 Å². The Morgan fingerprint density at radius 2 is 2.19 bits per heavy atom. The number of benzene rings is 1. The monoisotopic (exact) mass is 319 g/mol. The predicted octanol–water partition coefficient (Wildman–Crippen LogP) is 1.65. The molecule has 8 heteroatoms.